The Balaban J connectivity index is 0.00000280. The van der Waals surface area contributed by atoms with E-state index in [-0.39, 0.29) is 30.0 Å². The van der Waals surface area contributed by atoms with Crippen molar-refractivity contribution < 1.29 is 8.94 Å². The Morgan fingerprint density at radius 1 is 1.25 bits per heavy atom. The summed E-state index contributed by atoms with van der Waals surface area (Å²) in [6.45, 7) is 7.70. The second-order valence-corrected chi connectivity index (χ2v) is 7.31. The van der Waals surface area contributed by atoms with Crippen LogP contribution in [0.2, 0.25) is 0 Å². The zero-order valence-corrected chi connectivity index (χ0v) is 19.3. The number of hydrogen-bond acceptors (Lipinski definition) is 5. The molecule has 28 heavy (non-hydrogen) atoms. The fourth-order valence-electron chi connectivity index (χ4n) is 3.39. The van der Waals surface area contributed by atoms with Crippen molar-refractivity contribution in [2.45, 2.75) is 51.6 Å². The molecular formula is C20H32IN5O2. The molecule has 1 unspecified atom stereocenters. The Labute approximate surface area is 184 Å². The van der Waals surface area contributed by atoms with Crippen LogP contribution in [-0.2, 0) is 6.54 Å². The van der Waals surface area contributed by atoms with Crippen molar-refractivity contribution in [1.82, 2.24) is 20.7 Å². The van der Waals surface area contributed by atoms with Crippen LogP contribution < -0.4 is 10.6 Å². The summed E-state index contributed by atoms with van der Waals surface area (Å²) in [6.07, 6.45) is 5.55. The summed E-state index contributed by atoms with van der Waals surface area (Å²) in [5.41, 5.74) is 0.970. The van der Waals surface area contributed by atoms with Crippen molar-refractivity contribution in [3.63, 3.8) is 0 Å². The summed E-state index contributed by atoms with van der Waals surface area (Å²) in [5, 5.41) is 10.8. The monoisotopic (exact) mass is 501 g/mol. The third kappa shape index (κ3) is 6.23. The van der Waals surface area contributed by atoms with Crippen LogP contribution in [0.3, 0.4) is 0 Å². The molecule has 0 spiro atoms. The van der Waals surface area contributed by atoms with Crippen LogP contribution in [0.25, 0.3) is 0 Å². The van der Waals surface area contributed by atoms with Gasteiger partial charge in [-0.1, -0.05) is 25.4 Å². The zero-order chi connectivity index (χ0) is 19.1. The van der Waals surface area contributed by atoms with Gasteiger partial charge in [-0.3, -0.25) is 9.89 Å². The van der Waals surface area contributed by atoms with Gasteiger partial charge in [-0.15, -0.1) is 24.0 Å². The molecule has 1 saturated heterocycles. The van der Waals surface area contributed by atoms with Crippen molar-refractivity contribution >= 4 is 29.9 Å². The van der Waals surface area contributed by atoms with Crippen LogP contribution in [0.1, 0.15) is 62.3 Å². The summed E-state index contributed by atoms with van der Waals surface area (Å²) in [4.78, 5) is 6.82. The van der Waals surface area contributed by atoms with Crippen LogP contribution in [0.15, 0.2) is 38.4 Å². The topological polar surface area (TPSA) is 78.8 Å². The third-order valence-electron chi connectivity index (χ3n) is 4.99. The molecule has 0 saturated carbocycles. The Hall–Kier alpha value is -1.55. The standard InChI is InChI=1S/C20H31N5O2.HI/c1-15(2)17-12-16(27-24-17)13-22-20(21-3)23-14-18(19-8-7-11-26-19)25-9-5-4-6-10-25;/h7-8,11-12,15,18H,4-6,9-10,13-14H2,1-3H3,(H2,21,22,23);1H. The molecule has 0 bridgehead atoms. The van der Waals surface area contributed by atoms with Gasteiger partial charge in [-0.25, -0.2) is 0 Å². The number of nitrogens with zero attached hydrogens (tertiary/aromatic N) is 3. The summed E-state index contributed by atoms with van der Waals surface area (Å²) >= 11 is 0. The molecule has 0 amide bonds. The van der Waals surface area contributed by atoms with Crippen molar-refractivity contribution in [3.05, 3.63) is 41.7 Å². The van der Waals surface area contributed by atoms with Gasteiger partial charge in [0, 0.05) is 19.7 Å². The summed E-state index contributed by atoms with van der Waals surface area (Å²) in [6, 6.07) is 6.20. The highest BCUT2D eigenvalue weighted by atomic mass is 127. The minimum atomic E-state index is 0. The van der Waals surface area contributed by atoms with Gasteiger partial charge < -0.3 is 19.6 Å². The van der Waals surface area contributed by atoms with Crippen LogP contribution in [-0.4, -0.2) is 42.7 Å². The highest BCUT2D eigenvalue weighted by molar-refractivity contribution is 14.0. The van der Waals surface area contributed by atoms with Gasteiger partial charge in [0.1, 0.15) is 5.76 Å². The Bertz CT molecular complexity index is 708. The molecule has 1 fully saturated rings. The summed E-state index contributed by atoms with van der Waals surface area (Å²) in [7, 11) is 1.78. The minimum Gasteiger partial charge on any atom is -0.468 e. The minimum absolute atomic E-state index is 0. The van der Waals surface area contributed by atoms with Crippen LogP contribution >= 0.6 is 24.0 Å². The molecule has 0 aliphatic carbocycles. The fourth-order valence-corrected chi connectivity index (χ4v) is 3.39. The van der Waals surface area contributed by atoms with Gasteiger partial charge in [0.05, 0.1) is 24.5 Å². The van der Waals surface area contributed by atoms with Gasteiger partial charge in [-0.2, -0.15) is 0 Å². The van der Waals surface area contributed by atoms with Crippen LogP contribution in [0.5, 0.6) is 0 Å². The number of hydrogen-bond donors (Lipinski definition) is 2. The number of nitrogens with one attached hydrogen (secondary N) is 2. The second-order valence-electron chi connectivity index (χ2n) is 7.31. The lowest BCUT2D eigenvalue weighted by molar-refractivity contribution is 0.146. The van der Waals surface area contributed by atoms with Crippen molar-refractivity contribution in [2.24, 2.45) is 4.99 Å². The maximum Gasteiger partial charge on any atom is 0.191 e. The lowest BCUT2D eigenvalue weighted by Crippen LogP contribution is -2.44. The Kier molecular flexibility index (Phi) is 9.30. The Morgan fingerprint density at radius 2 is 2.04 bits per heavy atom. The van der Waals surface area contributed by atoms with E-state index < -0.39 is 0 Å². The van der Waals surface area contributed by atoms with E-state index in [4.69, 9.17) is 8.94 Å². The number of guanidine groups is 1. The number of aliphatic imine (C=N–C) groups is 1. The van der Waals surface area contributed by atoms with Crippen molar-refractivity contribution in [2.75, 3.05) is 26.7 Å². The fraction of sp³-hybridized carbons (Fsp3) is 0.600. The van der Waals surface area contributed by atoms with Gasteiger partial charge in [0.15, 0.2) is 11.7 Å². The van der Waals surface area contributed by atoms with Crippen molar-refractivity contribution in [1.29, 1.82) is 0 Å². The molecule has 156 valence electrons. The quantitative estimate of drug-likeness (QED) is 0.341. The van der Waals surface area contributed by atoms with Crippen molar-refractivity contribution in [3.8, 4) is 0 Å². The van der Waals surface area contributed by atoms with E-state index in [1.165, 1.54) is 19.3 Å². The number of aromatic nitrogens is 1. The smallest absolute Gasteiger partial charge is 0.191 e. The summed E-state index contributed by atoms with van der Waals surface area (Å²) in [5.74, 6) is 2.90. The Morgan fingerprint density at radius 3 is 2.64 bits per heavy atom. The number of likely N-dealkylation sites (tertiary alicyclic amines) is 1. The number of halogens is 1. The lowest BCUT2D eigenvalue weighted by atomic mass is 10.1. The molecule has 3 heterocycles. The van der Waals surface area contributed by atoms with Gasteiger partial charge >= 0.3 is 0 Å². The number of rotatable bonds is 7. The maximum absolute atomic E-state index is 5.70. The number of piperidine rings is 1. The molecule has 0 radical (unpaired) electrons. The van der Waals surface area contributed by atoms with E-state index in [1.54, 1.807) is 13.3 Å². The molecule has 2 N–H and O–H groups in total. The van der Waals surface area contributed by atoms with E-state index in [0.29, 0.717) is 12.5 Å². The van der Waals surface area contributed by atoms with Crippen LogP contribution in [0.4, 0.5) is 0 Å². The molecule has 8 heteroatoms. The first-order valence-corrected chi connectivity index (χ1v) is 9.85. The van der Waals surface area contributed by atoms with E-state index in [2.05, 4.69) is 45.6 Å². The van der Waals surface area contributed by atoms with E-state index >= 15 is 0 Å². The molecule has 1 atom stereocenters. The molecule has 7 nitrogen and oxygen atoms in total. The largest absolute Gasteiger partial charge is 0.468 e. The molecule has 3 rings (SSSR count). The average molecular weight is 501 g/mol. The van der Waals surface area contributed by atoms with Crippen LogP contribution in [0, 0.1) is 0 Å². The predicted octanol–water partition coefficient (Wildman–Crippen LogP) is 3.90. The van der Waals surface area contributed by atoms with Gasteiger partial charge in [-0.05, 0) is 44.0 Å². The second kappa shape index (κ2) is 11.5. The average Bonchev–Trinajstić information content (AvgIpc) is 3.37. The van der Waals surface area contributed by atoms with Gasteiger partial charge in [0.2, 0.25) is 0 Å². The first-order valence-electron chi connectivity index (χ1n) is 9.85. The third-order valence-corrected chi connectivity index (χ3v) is 4.99. The summed E-state index contributed by atoms with van der Waals surface area (Å²) < 4.78 is 11.1. The SMILES string of the molecule is CN=C(NCc1cc(C(C)C)no1)NCC(c1ccco1)N1CCCCC1.I. The predicted molar refractivity (Wildman–Crippen MR) is 121 cm³/mol. The number of furan rings is 1. The molecule has 2 aromatic rings. The maximum atomic E-state index is 5.70. The first-order chi connectivity index (χ1) is 13.2. The first kappa shape index (κ1) is 22.7. The molecule has 1 aliphatic heterocycles. The normalized spacial score (nSPS) is 16.6. The van der Waals surface area contributed by atoms with E-state index in [1.807, 2.05) is 12.1 Å². The molecule has 1 aliphatic rings. The van der Waals surface area contributed by atoms with E-state index in [9.17, 15) is 0 Å². The molecular weight excluding hydrogens is 469 g/mol. The highest BCUT2D eigenvalue weighted by Crippen LogP contribution is 2.24. The highest BCUT2D eigenvalue weighted by Gasteiger charge is 2.24. The molecule has 0 aromatic carbocycles. The lowest BCUT2D eigenvalue weighted by Gasteiger charge is -2.33. The zero-order valence-electron chi connectivity index (χ0n) is 17.0. The molecule has 2 aromatic heterocycles. The van der Waals surface area contributed by atoms with Gasteiger partial charge in [0.25, 0.3) is 0 Å². The van der Waals surface area contributed by atoms with E-state index in [0.717, 1.165) is 42.8 Å².